The van der Waals surface area contributed by atoms with Gasteiger partial charge in [0.05, 0.1) is 12.8 Å². The Balaban J connectivity index is 1.26. The topological polar surface area (TPSA) is 91.8 Å². The lowest BCUT2D eigenvalue weighted by Gasteiger charge is -2.33. The van der Waals surface area contributed by atoms with Crippen molar-refractivity contribution in [2.24, 2.45) is 0 Å². The molecule has 150 valence electrons. The molecule has 2 aromatic heterocycles. The van der Waals surface area contributed by atoms with E-state index in [-0.39, 0.29) is 18.4 Å². The second-order valence-corrected chi connectivity index (χ2v) is 7.04. The summed E-state index contributed by atoms with van der Waals surface area (Å²) in [5, 5.41) is 6.76. The summed E-state index contributed by atoms with van der Waals surface area (Å²) in [7, 11) is 0. The normalized spacial score (nSPS) is 14.7. The Morgan fingerprint density at radius 1 is 1.10 bits per heavy atom. The summed E-state index contributed by atoms with van der Waals surface area (Å²) in [4.78, 5) is 28.4. The highest BCUT2D eigenvalue weighted by atomic mass is 16.5. The summed E-state index contributed by atoms with van der Waals surface area (Å²) in [6.45, 7) is 4.57. The molecule has 8 nitrogen and oxygen atoms in total. The zero-order chi connectivity index (χ0) is 20.2. The Bertz CT molecular complexity index is 971. The molecule has 29 heavy (non-hydrogen) atoms. The predicted octanol–water partition coefficient (Wildman–Crippen LogP) is 2.64. The van der Waals surface area contributed by atoms with Crippen LogP contribution in [0, 0.1) is 6.92 Å². The van der Waals surface area contributed by atoms with E-state index < -0.39 is 0 Å². The molecular weight excluding hydrogens is 372 g/mol. The number of carbonyl (C=O) groups excluding carboxylic acids is 2. The molecular formula is C21H22N4O4. The number of carbonyl (C=O) groups is 2. The number of nitrogens with zero attached hydrogens (tertiary/aromatic N) is 3. The van der Waals surface area contributed by atoms with Crippen LogP contribution in [0.25, 0.3) is 11.3 Å². The van der Waals surface area contributed by atoms with Crippen LogP contribution in [0.2, 0.25) is 0 Å². The first-order valence-corrected chi connectivity index (χ1v) is 9.47. The highest BCUT2D eigenvalue weighted by molar-refractivity contribution is 5.92. The molecule has 8 heteroatoms. The molecule has 0 saturated carbocycles. The molecule has 0 atom stereocenters. The van der Waals surface area contributed by atoms with Gasteiger partial charge in [0.1, 0.15) is 5.69 Å². The van der Waals surface area contributed by atoms with Gasteiger partial charge in [0.15, 0.2) is 5.76 Å². The highest BCUT2D eigenvalue weighted by Crippen LogP contribution is 2.22. The van der Waals surface area contributed by atoms with Crippen LogP contribution in [0.15, 0.2) is 57.7 Å². The second-order valence-electron chi connectivity index (χ2n) is 7.04. The number of piperazine rings is 1. The molecule has 1 saturated heterocycles. The Hall–Kier alpha value is -3.39. The SMILES string of the molecule is Cc1ccc(-c2cc(NC(=O)CN3CCN(C(=O)c4ccco4)CC3)on2)cc1. The van der Waals surface area contributed by atoms with E-state index in [1.165, 1.54) is 6.26 Å². The number of hydrogen-bond acceptors (Lipinski definition) is 6. The Kier molecular flexibility index (Phi) is 5.44. The van der Waals surface area contributed by atoms with Crippen LogP contribution in [-0.2, 0) is 4.79 Å². The summed E-state index contributed by atoms with van der Waals surface area (Å²) < 4.78 is 10.4. The van der Waals surface area contributed by atoms with Crippen molar-refractivity contribution in [2.45, 2.75) is 6.92 Å². The molecule has 3 heterocycles. The fraction of sp³-hybridized carbons (Fsp3) is 0.286. The molecule has 0 unspecified atom stereocenters. The maximum atomic E-state index is 12.3. The number of rotatable bonds is 5. The quantitative estimate of drug-likeness (QED) is 0.715. The molecule has 1 aromatic carbocycles. The van der Waals surface area contributed by atoms with Crippen LogP contribution in [0.1, 0.15) is 16.1 Å². The number of anilines is 1. The van der Waals surface area contributed by atoms with Crippen LogP contribution in [0.4, 0.5) is 5.88 Å². The van der Waals surface area contributed by atoms with Crippen molar-refractivity contribution in [1.82, 2.24) is 15.0 Å². The first-order chi connectivity index (χ1) is 14.1. The molecule has 1 aliphatic heterocycles. The van der Waals surface area contributed by atoms with Gasteiger partial charge in [-0.15, -0.1) is 0 Å². The molecule has 3 aromatic rings. The summed E-state index contributed by atoms with van der Waals surface area (Å²) in [5.74, 6) is 0.356. The number of nitrogens with one attached hydrogen (secondary N) is 1. The summed E-state index contributed by atoms with van der Waals surface area (Å²) in [5.41, 5.74) is 2.76. The fourth-order valence-electron chi connectivity index (χ4n) is 3.24. The van der Waals surface area contributed by atoms with E-state index in [1.54, 1.807) is 23.1 Å². The number of aromatic nitrogens is 1. The van der Waals surface area contributed by atoms with E-state index >= 15 is 0 Å². The third-order valence-electron chi connectivity index (χ3n) is 4.88. The van der Waals surface area contributed by atoms with E-state index in [4.69, 9.17) is 8.94 Å². The summed E-state index contributed by atoms with van der Waals surface area (Å²) >= 11 is 0. The first-order valence-electron chi connectivity index (χ1n) is 9.47. The molecule has 0 radical (unpaired) electrons. The van der Waals surface area contributed by atoms with E-state index in [2.05, 4.69) is 10.5 Å². The van der Waals surface area contributed by atoms with Crippen molar-refractivity contribution in [3.8, 4) is 11.3 Å². The Morgan fingerprint density at radius 3 is 2.55 bits per heavy atom. The van der Waals surface area contributed by atoms with Crippen molar-refractivity contribution in [3.63, 3.8) is 0 Å². The molecule has 1 fully saturated rings. The Labute approximate surface area is 168 Å². The van der Waals surface area contributed by atoms with Gasteiger partial charge in [-0.1, -0.05) is 35.0 Å². The van der Waals surface area contributed by atoms with E-state index in [0.29, 0.717) is 43.5 Å². The third-order valence-corrected chi connectivity index (χ3v) is 4.88. The van der Waals surface area contributed by atoms with Crippen LogP contribution in [0.3, 0.4) is 0 Å². The largest absolute Gasteiger partial charge is 0.459 e. The minimum Gasteiger partial charge on any atom is -0.459 e. The van der Waals surface area contributed by atoms with Gasteiger partial charge < -0.3 is 13.8 Å². The maximum Gasteiger partial charge on any atom is 0.289 e. The van der Waals surface area contributed by atoms with Gasteiger partial charge in [0, 0.05) is 37.8 Å². The Morgan fingerprint density at radius 2 is 1.86 bits per heavy atom. The van der Waals surface area contributed by atoms with Crippen LogP contribution >= 0.6 is 0 Å². The van der Waals surface area contributed by atoms with Gasteiger partial charge in [-0.3, -0.25) is 19.8 Å². The lowest BCUT2D eigenvalue weighted by Crippen LogP contribution is -2.50. The first kappa shape index (κ1) is 18.9. The lowest BCUT2D eigenvalue weighted by molar-refractivity contribution is -0.117. The van der Waals surface area contributed by atoms with Crippen molar-refractivity contribution in [2.75, 3.05) is 38.0 Å². The van der Waals surface area contributed by atoms with Gasteiger partial charge >= 0.3 is 0 Å². The second kappa shape index (κ2) is 8.32. The maximum absolute atomic E-state index is 12.3. The van der Waals surface area contributed by atoms with Crippen molar-refractivity contribution in [1.29, 1.82) is 0 Å². The lowest BCUT2D eigenvalue weighted by atomic mass is 10.1. The number of amides is 2. The minimum absolute atomic E-state index is 0.121. The van der Waals surface area contributed by atoms with Crippen LogP contribution in [-0.4, -0.2) is 59.5 Å². The fourth-order valence-corrected chi connectivity index (χ4v) is 3.24. The number of benzene rings is 1. The van der Waals surface area contributed by atoms with E-state index in [0.717, 1.165) is 11.1 Å². The van der Waals surface area contributed by atoms with Gasteiger partial charge in [-0.05, 0) is 19.1 Å². The predicted molar refractivity (Wildman–Crippen MR) is 106 cm³/mol. The van der Waals surface area contributed by atoms with Crippen LogP contribution < -0.4 is 5.32 Å². The zero-order valence-corrected chi connectivity index (χ0v) is 16.1. The number of hydrogen-bond donors (Lipinski definition) is 1. The molecule has 0 aliphatic carbocycles. The standard InChI is InChI=1S/C21H22N4O4/c1-15-4-6-16(7-5-15)17-13-20(29-23-17)22-19(26)14-24-8-10-25(11-9-24)21(27)18-3-2-12-28-18/h2-7,12-13H,8-11,14H2,1H3,(H,22,26). The number of aryl methyl sites for hydroxylation is 1. The highest BCUT2D eigenvalue weighted by Gasteiger charge is 2.24. The molecule has 1 aliphatic rings. The van der Waals surface area contributed by atoms with Gasteiger partial charge in [0.2, 0.25) is 11.8 Å². The van der Waals surface area contributed by atoms with E-state index in [9.17, 15) is 9.59 Å². The van der Waals surface area contributed by atoms with Crippen molar-refractivity contribution < 1.29 is 18.5 Å². The zero-order valence-electron chi connectivity index (χ0n) is 16.1. The van der Waals surface area contributed by atoms with Crippen molar-refractivity contribution >= 4 is 17.7 Å². The molecule has 2 amide bonds. The van der Waals surface area contributed by atoms with Crippen molar-refractivity contribution in [3.05, 3.63) is 60.1 Å². The van der Waals surface area contributed by atoms with E-state index in [1.807, 2.05) is 36.1 Å². The number of furan rings is 1. The molecule has 4 rings (SSSR count). The average molecular weight is 394 g/mol. The minimum atomic E-state index is -0.178. The molecule has 1 N–H and O–H groups in total. The smallest absolute Gasteiger partial charge is 0.289 e. The van der Waals surface area contributed by atoms with Gasteiger partial charge in [-0.2, -0.15) is 0 Å². The van der Waals surface area contributed by atoms with Crippen LogP contribution in [0.5, 0.6) is 0 Å². The summed E-state index contributed by atoms with van der Waals surface area (Å²) in [6, 6.07) is 13.0. The average Bonchev–Trinajstić information content (AvgIpc) is 3.41. The molecule has 0 bridgehead atoms. The summed E-state index contributed by atoms with van der Waals surface area (Å²) in [6.07, 6.45) is 1.49. The monoisotopic (exact) mass is 394 g/mol. The molecule has 0 spiro atoms. The van der Waals surface area contributed by atoms with Gasteiger partial charge in [0.25, 0.3) is 5.91 Å². The van der Waals surface area contributed by atoms with Gasteiger partial charge in [-0.25, -0.2) is 0 Å². The third kappa shape index (κ3) is 4.55.